The molecule has 0 atom stereocenters. The fourth-order valence-corrected chi connectivity index (χ4v) is 1.79. The lowest BCUT2D eigenvalue weighted by Gasteiger charge is -2.10. The number of rotatable bonds is 5. The van der Waals surface area contributed by atoms with Gasteiger partial charge in [0.15, 0.2) is 11.5 Å². The maximum Gasteiger partial charge on any atom is 0.161 e. The molecular formula is C13H15ClN2O2. The highest BCUT2D eigenvalue weighted by atomic mass is 35.5. The van der Waals surface area contributed by atoms with Crippen LogP contribution in [-0.4, -0.2) is 16.9 Å². The first-order chi connectivity index (χ1) is 8.72. The molecule has 0 aliphatic heterocycles. The zero-order valence-corrected chi connectivity index (χ0v) is 11.1. The van der Waals surface area contributed by atoms with Gasteiger partial charge in [0.25, 0.3) is 0 Å². The average Bonchev–Trinajstić information content (AvgIpc) is 2.82. The van der Waals surface area contributed by atoms with Crippen molar-refractivity contribution in [3.05, 3.63) is 41.7 Å². The highest BCUT2D eigenvalue weighted by molar-refractivity contribution is 6.17. The third-order valence-corrected chi connectivity index (χ3v) is 2.84. The molecule has 4 nitrogen and oxygen atoms in total. The van der Waals surface area contributed by atoms with E-state index < -0.39 is 0 Å². The first kappa shape index (κ1) is 12.8. The summed E-state index contributed by atoms with van der Waals surface area (Å²) in [4.78, 5) is 0. The number of methoxy groups -OCH3 is 1. The predicted octanol–water partition coefficient (Wildman–Crippen LogP) is 2.75. The summed E-state index contributed by atoms with van der Waals surface area (Å²) < 4.78 is 12.7. The van der Waals surface area contributed by atoms with E-state index in [0.717, 1.165) is 11.1 Å². The van der Waals surface area contributed by atoms with Crippen LogP contribution in [0.5, 0.6) is 11.5 Å². The van der Waals surface area contributed by atoms with Gasteiger partial charge in [0.2, 0.25) is 0 Å². The molecule has 0 aliphatic carbocycles. The van der Waals surface area contributed by atoms with Gasteiger partial charge in [-0.2, -0.15) is 5.10 Å². The SMILES string of the molecule is COc1cc(CCl)ccc1OCc1cnn(C)c1. The Morgan fingerprint density at radius 2 is 2.11 bits per heavy atom. The minimum absolute atomic E-state index is 0.458. The van der Waals surface area contributed by atoms with Crippen molar-refractivity contribution in [2.75, 3.05) is 7.11 Å². The molecule has 2 rings (SSSR count). The van der Waals surface area contributed by atoms with Crippen molar-refractivity contribution in [3.63, 3.8) is 0 Å². The van der Waals surface area contributed by atoms with Crippen molar-refractivity contribution in [2.45, 2.75) is 12.5 Å². The Morgan fingerprint density at radius 1 is 1.28 bits per heavy atom. The van der Waals surface area contributed by atoms with Gasteiger partial charge >= 0.3 is 0 Å². The van der Waals surface area contributed by atoms with E-state index in [1.807, 2.05) is 31.4 Å². The summed E-state index contributed by atoms with van der Waals surface area (Å²) in [6, 6.07) is 5.67. The number of benzene rings is 1. The second kappa shape index (κ2) is 5.78. The van der Waals surface area contributed by atoms with Crippen LogP contribution in [0.1, 0.15) is 11.1 Å². The number of ether oxygens (including phenoxy) is 2. The predicted molar refractivity (Wildman–Crippen MR) is 70.1 cm³/mol. The largest absolute Gasteiger partial charge is 0.493 e. The monoisotopic (exact) mass is 266 g/mol. The van der Waals surface area contributed by atoms with Crippen LogP contribution in [0.2, 0.25) is 0 Å². The summed E-state index contributed by atoms with van der Waals surface area (Å²) in [5, 5.41) is 4.09. The van der Waals surface area contributed by atoms with Gasteiger partial charge in [-0.05, 0) is 17.7 Å². The van der Waals surface area contributed by atoms with Crippen molar-refractivity contribution in [1.82, 2.24) is 9.78 Å². The van der Waals surface area contributed by atoms with Gasteiger partial charge in [0, 0.05) is 24.7 Å². The van der Waals surface area contributed by atoms with Gasteiger partial charge < -0.3 is 9.47 Å². The number of aryl methyl sites for hydroxylation is 1. The van der Waals surface area contributed by atoms with Crippen LogP contribution in [0, 0.1) is 0 Å². The quantitative estimate of drug-likeness (QED) is 0.781. The van der Waals surface area contributed by atoms with E-state index >= 15 is 0 Å². The van der Waals surface area contributed by atoms with Gasteiger partial charge in [-0.1, -0.05) is 6.07 Å². The zero-order valence-electron chi connectivity index (χ0n) is 10.4. The molecule has 2 aromatic rings. The molecule has 1 aromatic heterocycles. The molecular weight excluding hydrogens is 252 g/mol. The minimum Gasteiger partial charge on any atom is -0.493 e. The van der Waals surface area contributed by atoms with Gasteiger partial charge in [-0.3, -0.25) is 4.68 Å². The van der Waals surface area contributed by atoms with Crippen molar-refractivity contribution >= 4 is 11.6 Å². The van der Waals surface area contributed by atoms with Gasteiger partial charge in [-0.25, -0.2) is 0 Å². The Labute approximate surface area is 111 Å². The summed E-state index contributed by atoms with van der Waals surface area (Å²) in [6.07, 6.45) is 3.69. The number of halogens is 1. The van der Waals surface area contributed by atoms with Crippen molar-refractivity contribution < 1.29 is 9.47 Å². The number of hydrogen-bond acceptors (Lipinski definition) is 3. The molecule has 0 aliphatic rings. The average molecular weight is 267 g/mol. The molecule has 0 bridgehead atoms. The molecule has 1 heterocycles. The summed E-state index contributed by atoms with van der Waals surface area (Å²) in [5.74, 6) is 1.85. The summed E-state index contributed by atoms with van der Waals surface area (Å²) >= 11 is 5.78. The normalized spacial score (nSPS) is 10.4. The lowest BCUT2D eigenvalue weighted by molar-refractivity contribution is 0.284. The second-order valence-electron chi connectivity index (χ2n) is 3.93. The minimum atomic E-state index is 0.458. The van der Waals surface area contributed by atoms with Gasteiger partial charge in [0.1, 0.15) is 6.61 Å². The van der Waals surface area contributed by atoms with Crippen LogP contribution in [0.4, 0.5) is 0 Å². The van der Waals surface area contributed by atoms with Crippen LogP contribution < -0.4 is 9.47 Å². The maximum atomic E-state index is 5.78. The molecule has 0 unspecified atom stereocenters. The molecule has 1 aromatic carbocycles. The molecule has 0 fully saturated rings. The van der Waals surface area contributed by atoms with Crippen LogP contribution >= 0.6 is 11.6 Å². The van der Waals surface area contributed by atoms with E-state index in [1.54, 1.807) is 18.0 Å². The molecule has 0 saturated carbocycles. The van der Waals surface area contributed by atoms with Crippen molar-refractivity contribution in [1.29, 1.82) is 0 Å². The second-order valence-corrected chi connectivity index (χ2v) is 4.20. The molecule has 5 heteroatoms. The molecule has 18 heavy (non-hydrogen) atoms. The Hall–Kier alpha value is -1.68. The van der Waals surface area contributed by atoms with Crippen molar-refractivity contribution in [2.24, 2.45) is 7.05 Å². The van der Waals surface area contributed by atoms with E-state index in [-0.39, 0.29) is 0 Å². The first-order valence-electron chi connectivity index (χ1n) is 5.56. The Bertz CT molecular complexity index is 525. The smallest absolute Gasteiger partial charge is 0.161 e. The lowest BCUT2D eigenvalue weighted by Crippen LogP contribution is -1.97. The van der Waals surface area contributed by atoms with E-state index in [4.69, 9.17) is 21.1 Å². The molecule has 0 N–H and O–H groups in total. The number of alkyl halides is 1. The Balaban J connectivity index is 2.08. The Morgan fingerprint density at radius 3 is 2.72 bits per heavy atom. The third kappa shape index (κ3) is 2.96. The van der Waals surface area contributed by atoms with Crippen LogP contribution in [0.25, 0.3) is 0 Å². The Kier molecular flexibility index (Phi) is 4.10. The van der Waals surface area contributed by atoms with Crippen LogP contribution in [0.3, 0.4) is 0 Å². The fraction of sp³-hybridized carbons (Fsp3) is 0.308. The van der Waals surface area contributed by atoms with Crippen LogP contribution in [-0.2, 0) is 19.5 Å². The number of hydrogen-bond donors (Lipinski definition) is 0. The topological polar surface area (TPSA) is 36.3 Å². The third-order valence-electron chi connectivity index (χ3n) is 2.54. The zero-order chi connectivity index (χ0) is 13.0. The molecule has 96 valence electrons. The number of nitrogens with zero attached hydrogens (tertiary/aromatic N) is 2. The standard InChI is InChI=1S/C13H15ClN2O2/c1-16-8-11(7-15-16)9-18-12-4-3-10(6-14)5-13(12)17-2/h3-5,7-8H,6,9H2,1-2H3. The van der Waals surface area contributed by atoms with E-state index in [9.17, 15) is 0 Å². The molecule has 0 spiro atoms. The van der Waals surface area contributed by atoms with Gasteiger partial charge in [0.05, 0.1) is 13.3 Å². The van der Waals surface area contributed by atoms with E-state index in [1.165, 1.54) is 0 Å². The molecule has 0 radical (unpaired) electrons. The van der Waals surface area contributed by atoms with Crippen LogP contribution in [0.15, 0.2) is 30.6 Å². The van der Waals surface area contributed by atoms with E-state index in [0.29, 0.717) is 24.0 Å². The summed E-state index contributed by atoms with van der Waals surface area (Å²) in [7, 11) is 3.49. The maximum absolute atomic E-state index is 5.78. The first-order valence-corrected chi connectivity index (χ1v) is 6.09. The molecule has 0 amide bonds. The summed E-state index contributed by atoms with van der Waals surface area (Å²) in [5.41, 5.74) is 2.02. The summed E-state index contributed by atoms with van der Waals surface area (Å²) in [6.45, 7) is 0.463. The highest BCUT2D eigenvalue weighted by Gasteiger charge is 2.06. The number of aromatic nitrogens is 2. The van der Waals surface area contributed by atoms with Crippen molar-refractivity contribution in [3.8, 4) is 11.5 Å². The lowest BCUT2D eigenvalue weighted by atomic mass is 10.2. The van der Waals surface area contributed by atoms with Gasteiger partial charge in [-0.15, -0.1) is 11.6 Å². The highest BCUT2D eigenvalue weighted by Crippen LogP contribution is 2.29. The van der Waals surface area contributed by atoms with E-state index in [2.05, 4.69) is 5.10 Å². The molecule has 0 saturated heterocycles. The fourth-order valence-electron chi connectivity index (χ4n) is 1.62.